The molecule has 0 saturated heterocycles. The van der Waals surface area contributed by atoms with Gasteiger partial charge in [0.15, 0.2) is 0 Å². The molecule has 0 spiro atoms. The fourth-order valence-electron chi connectivity index (χ4n) is 3.71. The van der Waals surface area contributed by atoms with E-state index in [2.05, 4.69) is 22.5 Å². The van der Waals surface area contributed by atoms with Crippen molar-refractivity contribution in [3.05, 3.63) is 70.5 Å². The van der Waals surface area contributed by atoms with Crippen LogP contribution in [0.2, 0.25) is 5.02 Å². The molecule has 116 valence electrons. The predicted octanol–water partition coefficient (Wildman–Crippen LogP) is 4.26. The summed E-state index contributed by atoms with van der Waals surface area (Å²) in [5, 5.41) is 13.5. The molecule has 0 unspecified atom stereocenters. The number of anilines is 1. The molecule has 1 aliphatic heterocycles. The Bertz CT molecular complexity index is 804. The lowest BCUT2D eigenvalue weighted by molar-refractivity contribution is 0.0695. The first-order valence-corrected chi connectivity index (χ1v) is 7.94. The Hall–Kier alpha value is -2.33. The van der Waals surface area contributed by atoms with Crippen LogP contribution in [0.1, 0.15) is 40.0 Å². The summed E-state index contributed by atoms with van der Waals surface area (Å²) in [6, 6.07) is 9.10. The van der Waals surface area contributed by atoms with Crippen LogP contribution in [-0.2, 0) is 0 Å². The molecular formula is C18H15ClN2O2. The van der Waals surface area contributed by atoms with Crippen LogP contribution in [0.3, 0.4) is 0 Å². The monoisotopic (exact) mass is 326 g/mol. The van der Waals surface area contributed by atoms with Gasteiger partial charge in [-0.05, 0) is 42.2 Å². The molecule has 4 rings (SSSR count). The second-order valence-electron chi connectivity index (χ2n) is 5.92. The van der Waals surface area contributed by atoms with Crippen molar-refractivity contribution in [3.63, 3.8) is 0 Å². The van der Waals surface area contributed by atoms with Gasteiger partial charge in [0.05, 0.1) is 28.0 Å². The molecule has 2 aliphatic rings. The van der Waals surface area contributed by atoms with Gasteiger partial charge in [-0.1, -0.05) is 29.8 Å². The molecule has 1 aromatic carbocycles. The molecule has 2 N–H and O–H groups in total. The van der Waals surface area contributed by atoms with Gasteiger partial charge in [0.2, 0.25) is 0 Å². The van der Waals surface area contributed by atoms with Crippen molar-refractivity contribution in [2.24, 2.45) is 5.92 Å². The normalized spacial score (nSPS) is 24.7. The van der Waals surface area contributed by atoms with Gasteiger partial charge in [-0.2, -0.15) is 0 Å². The largest absolute Gasteiger partial charge is 0.478 e. The summed E-state index contributed by atoms with van der Waals surface area (Å²) in [5.74, 6) is -0.632. The van der Waals surface area contributed by atoms with Crippen LogP contribution < -0.4 is 5.32 Å². The minimum atomic E-state index is -0.921. The Morgan fingerprint density at radius 1 is 1.30 bits per heavy atom. The first-order chi connectivity index (χ1) is 11.2. The van der Waals surface area contributed by atoms with Crippen molar-refractivity contribution < 1.29 is 9.90 Å². The highest BCUT2D eigenvalue weighted by atomic mass is 35.5. The third-order valence-corrected chi connectivity index (χ3v) is 5.02. The predicted molar refractivity (Wildman–Crippen MR) is 89.0 cm³/mol. The highest BCUT2D eigenvalue weighted by Gasteiger charge is 2.41. The van der Waals surface area contributed by atoms with Gasteiger partial charge in [-0.25, -0.2) is 4.79 Å². The lowest BCUT2D eigenvalue weighted by Gasteiger charge is -2.38. The standard InChI is InChI=1S/C18H15ClN2O2/c19-13-8-7-12(18(22)23)15-10-4-3-5-11(10)16(21-17(13)15)14-6-1-2-9-20-14/h1-4,6-11,16,21H,5H2,(H,22,23)/t10-,11+,16+/m0/s1. The van der Waals surface area contributed by atoms with Crippen molar-refractivity contribution in [2.75, 3.05) is 5.32 Å². The van der Waals surface area contributed by atoms with E-state index in [1.807, 2.05) is 18.2 Å². The second-order valence-corrected chi connectivity index (χ2v) is 6.33. The number of nitrogens with one attached hydrogen (secondary N) is 1. The van der Waals surface area contributed by atoms with Gasteiger partial charge >= 0.3 is 5.97 Å². The van der Waals surface area contributed by atoms with Crippen LogP contribution in [0, 0.1) is 5.92 Å². The van der Waals surface area contributed by atoms with Gasteiger partial charge in [0.25, 0.3) is 0 Å². The molecular weight excluding hydrogens is 312 g/mol. The quantitative estimate of drug-likeness (QED) is 0.809. The summed E-state index contributed by atoms with van der Waals surface area (Å²) in [7, 11) is 0. The Balaban J connectivity index is 1.89. The van der Waals surface area contributed by atoms with E-state index in [4.69, 9.17) is 11.6 Å². The number of nitrogens with zero attached hydrogens (tertiary/aromatic N) is 1. The molecule has 0 radical (unpaired) electrons. The number of halogens is 1. The Morgan fingerprint density at radius 3 is 2.91 bits per heavy atom. The molecule has 0 fully saturated rings. The number of fused-ring (bicyclic) bond motifs is 3. The van der Waals surface area contributed by atoms with Gasteiger partial charge in [-0.3, -0.25) is 4.98 Å². The van der Waals surface area contributed by atoms with Crippen molar-refractivity contribution in [2.45, 2.75) is 18.4 Å². The maximum atomic E-state index is 11.6. The number of aromatic carboxylic acids is 1. The summed E-state index contributed by atoms with van der Waals surface area (Å²) < 4.78 is 0. The fourth-order valence-corrected chi connectivity index (χ4v) is 3.93. The van der Waals surface area contributed by atoms with E-state index >= 15 is 0 Å². The number of carbonyl (C=O) groups is 1. The van der Waals surface area contributed by atoms with Crippen LogP contribution in [-0.4, -0.2) is 16.1 Å². The summed E-state index contributed by atoms with van der Waals surface area (Å²) >= 11 is 6.36. The average Bonchev–Trinajstić information content (AvgIpc) is 3.05. The van der Waals surface area contributed by atoms with Crippen LogP contribution in [0.15, 0.2) is 48.7 Å². The van der Waals surface area contributed by atoms with Gasteiger partial charge in [-0.15, -0.1) is 0 Å². The Labute approximate surface area is 138 Å². The molecule has 2 aromatic rings. The minimum Gasteiger partial charge on any atom is -0.478 e. The lowest BCUT2D eigenvalue weighted by atomic mass is 9.76. The third kappa shape index (κ3) is 2.21. The Morgan fingerprint density at radius 2 is 2.17 bits per heavy atom. The highest BCUT2D eigenvalue weighted by molar-refractivity contribution is 6.33. The van der Waals surface area contributed by atoms with E-state index < -0.39 is 5.97 Å². The maximum Gasteiger partial charge on any atom is 0.336 e. The van der Waals surface area contributed by atoms with Gasteiger partial charge < -0.3 is 10.4 Å². The molecule has 0 saturated carbocycles. The average molecular weight is 327 g/mol. The number of aromatic nitrogens is 1. The number of benzene rings is 1. The smallest absolute Gasteiger partial charge is 0.336 e. The molecule has 2 heterocycles. The van der Waals surface area contributed by atoms with Crippen LogP contribution in [0.25, 0.3) is 0 Å². The molecule has 5 heteroatoms. The Kier molecular flexibility index (Phi) is 3.34. The first kappa shape index (κ1) is 14.3. The third-order valence-electron chi connectivity index (χ3n) is 4.71. The molecule has 1 aromatic heterocycles. The number of hydrogen-bond acceptors (Lipinski definition) is 3. The first-order valence-electron chi connectivity index (χ1n) is 7.56. The summed E-state index contributed by atoms with van der Waals surface area (Å²) in [6.45, 7) is 0. The molecule has 4 nitrogen and oxygen atoms in total. The number of carboxylic acids is 1. The fraction of sp³-hybridized carbons (Fsp3) is 0.222. The van der Waals surface area contributed by atoms with Crippen LogP contribution >= 0.6 is 11.6 Å². The number of carboxylic acid groups (broad SMARTS) is 1. The summed E-state index contributed by atoms with van der Waals surface area (Å²) in [6.07, 6.45) is 6.89. The summed E-state index contributed by atoms with van der Waals surface area (Å²) in [5.41, 5.74) is 2.78. The van der Waals surface area contributed by atoms with E-state index in [0.717, 1.165) is 23.4 Å². The number of allylic oxidation sites excluding steroid dienone is 2. The van der Waals surface area contributed by atoms with E-state index in [0.29, 0.717) is 10.6 Å². The maximum absolute atomic E-state index is 11.6. The number of pyridine rings is 1. The zero-order valence-corrected chi connectivity index (χ0v) is 13.0. The highest BCUT2D eigenvalue weighted by Crippen LogP contribution is 2.52. The van der Waals surface area contributed by atoms with Gasteiger partial charge in [0.1, 0.15) is 0 Å². The second kappa shape index (κ2) is 5.39. The number of hydrogen-bond donors (Lipinski definition) is 2. The lowest BCUT2D eigenvalue weighted by Crippen LogP contribution is -2.31. The summed E-state index contributed by atoms with van der Waals surface area (Å²) in [4.78, 5) is 16.1. The van der Waals surface area contributed by atoms with Crippen molar-refractivity contribution in [1.29, 1.82) is 0 Å². The van der Waals surface area contributed by atoms with Gasteiger partial charge in [0, 0.05) is 12.1 Å². The minimum absolute atomic E-state index is 0.0187. The zero-order chi connectivity index (χ0) is 16.0. The van der Waals surface area contributed by atoms with Crippen molar-refractivity contribution in [3.8, 4) is 0 Å². The van der Waals surface area contributed by atoms with Crippen molar-refractivity contribution in [1.82, 2.24) is 4.98 Å². The van der Waals surface area contributed by atoms with E-state index in [-0.39, 0.29) is 17.9 Å². The SMILES string of the molecule is O=C(O)c1ccc(Cl)c2c1[C@H]1C=CC[C@H]1[C@H](c1ccccn1)N2. The van der Waals surface area contributed by atoms with Crippen LogP contribution in [0.4, 0.5) is 5.69 Å². The van der Waals surface area contributed by atoms with E-state index in [1.54, 1.807) is 18.3 Å². The van der Waals surface area contributed by atoms with Crippen molar-refractivity contribution >= 4 is 23.3 Å². The van der Waals surface area contributed by atoms with E-state index in [9.17, 15) is 9.90 Å². The number of rotatable bonds is 2. The topological polar surface area (TPSA) is 62.2 Å². The van der Waals surface area contributed by atoms with E-state index in [1.165, 1.54) is 0 Å². The molecule has 3 atom stereocenters. The molecule has 0 bridgehead atoms. The van der Waals surface area contributed by atoms with Crippen LogP contribution in [0.5, 0.6) is 0 Å². The zero-order valence-electron chi connectivity index (χ0n) is 12.2. The molecule has 1 aliphatic carbocycles. The molecule has 0 amide bonds. The molecule has 23 heavy (non-hydrogen) atoms.